The lowest BCUT2D eigenvalue weighted by atomic mass is 9.82. The summed E-state index contributed by atoms with van der Waals surface area (Å²) in [5.74, 6) is -0.744. The Hall–Kier alpha value is -1.42. The first-order chi connectivity index (χ1) is 9.08. The normalized spacial score (nSPS) is 29.1. The number of carbonyl (C=O) groups is 1. The van der Waals surface area contributed by atoms with Crippen LogP contribution in [0.1, 0.15) is 39.2 Å². The third kappa shape index (κ3) is 1.86. The van der Waals surface area contributed by atoms with Crippen LogP contribution >= 0.6 is 0 Å². The van der Waals surface area contributed by atoms with Crippen LogP contribution in [0.2, 0.25) is 0 Å². The Morgan fingerprint density at radius 2 is 1.95 bits per heavy atom. The van der Waals surface area contributed by atoms with E-state index in [1.807, 2.05) is 13.8 Å². The Bertz CT molecular complexity index is 488. The Morgan fingerprint density at radius 3 is 2.47 bits per heavy atom. The molecule has 104 valence electrons. The summed E-state index contributed by atoms with van der Waals surface area (Å²) in [6, 6.07) is 6.45. The third-order valence-electron chi connectivity index (χ3n) is 3.87. The molecule has 1 heterocycles. The molecule has 0 aromatic heterocycles. The number of hydrogen-bond acceptors (Lipinski definition) is 3. The molecule has 1 saturated heterocycles. The molecule has 0 N–H and O–H groups in total. The average molecular weight is 266 g/mol. The highest BCUT2D eigenvalue weighted by molar-refractivity contribution is 5.85. The fraction of sp³-hybridized carbons (Fsp3) is 0.533. The van der Waals surface area contributed by atoms with Crippen LogP contribution in [0.4, 0.5) is 4.39 Å². The molecule has 2 atom stereocenters. The van der Waals surface area contributed by atoms with Crippen LogP contribution in [-0.2, 0) is 19.9 Å². The van der Waals surface area contributed by atoms with Gasteiger partial charge in [0.2, 0.25) is 0 Å². The summed E-state index contributed by atoms with van der Waals surface area (Å²) >= 11 is 0. The lowest BCUT2D eigenvalue weighted by Gasteiger charge is -2.17. The van der Waals surface area contributed by atoms with Crippen LogP contribution in [0.5, 0.6) is 0 Å². The van der Waals surface area contributed by atoms with Crippen LogP contribution < -0.4 is 0 Å². The predicted molar refractivity (Wildman–Crippen MR) is 69.1 cm³/mol. The summed E-state index contributed by atoms with van der Waals surface area (Å²) in [7, 11) is 0. The molecule has 0 bridgehead atoms. The fourth-order valence-corrected chi connectivity index (χ4v) is 2.84. The molecule has 1 aliphatic heterocycles. The molecule has 19 heavy (non-hydrogen) atoms. The van der Waals surface area contributed by atoms with Crippen molar-refractivity contribution in [3.05, 3.63) is 35.6 Å². The van der Waals surface area contributed by atoms with E-state index in [-0.39, 0.29) is 5.82 Å². The first-order valence-electron chi connectivity index (χ1n) is 6.70. The van der Waals surface area contributed by atoms with Crippen molar-refractivity contribution >= 4 is 5.97 Å². The summed E-state index contributed by atoms with van der Waals surface area (Å²) < 4.78 is 24.9. The standard InChI is InChI=1S/C15H19FO3/c1-4-14(11-9-7-8-10-12(11)16)15(5-2,19-14)13(17)18-6-3/h7-10H,4-6H2,1-3H3. The Balaban J connectivity index is 2.42. The summed E-state index contributed by atoms with van der Waals surface area (Å²) in [5.41, 5.74) is -1.49. The second-order valence-corrected chi connectivity index (χ2v) is 4.66. The highest BCUT2D eigenvalue weighted by Gasteiger charge is 2.75. The Kier molecular flexibility index (Phi) is 3.63. The van der Waals surface area contributed by atoms with Crippen molar-refractivity contribution in [2.24, 2.45) is 0 Å². The van der Waals surface area contributed by atoms with Gasteiger partial charge in [-0.1, -0.05) is 32.0 Å². The highest BCUT2D eigenvalue weighted by atomic mass is 19.1. The van der Waals surface area contributed by atoms with E-state index < -0.39 is 17.2 Å². The monoisotopic (exact) mass is 266 g/mol. The molecule has 2 unspecified atom stereocenters. The third-order valence-corrected chi connectivity index (χ3v) is 3.87. The van der Waals surface area contributed by atoms with Crippen LogP contribution in [0.25, 0.3) is 0 Å². The molecule has 1 aliphatic rings. The Labute approximate surface area is 112 Å². The van der Waals surface area contributed by atoms with Gasteiger partial charge >= 0.3 is 5.97 Å². The van der Waals surface area contributed by atoms with E-state index in [4.69, 9.17) is 9.47 Å². The van der Waals surface area contributed by atoms with E-state index in [2.05, 4.69) is 0 Å². The largest absolute Gasteiger partial charge is 0.464 e. The zero-order valence-corrected chi connectivity index (χ0v) is 11.5. The van der Waals surface area contributed by atoms with E-state index in [0.29, 0.717) is 25.0 Å². The topological polar surface area (TPSA) is 38.8 Å². The van der Waals surface area contributed by atoms with Gasteiger partial charge in [0.1, 0.15) is 11.4 Å². The van der Waals surface area contributed by atoms with Gasteiger partial charge in [0.15, 0.2) is 5.60 Å². The number of esters is 1. The fourth-order valence-electron chi connectivity index (χ4n) is 2.84. The maximum Gasteiger partial charge on any atom is 0.341 e. The number of epoxide rings is 1. The van der Waals surface area contributed by atoms with Gasteiger partial charge in [0, 0.05) is 5.56 Å². The van der Waals surface area contributed by atoms with Gasteiger partial charge in [-0.25, -0.2) is 9.18 Å². The number of rotatable bonds is 5. The summed E-state index contributed by atoms with van der Waals surface area (Å²) in [6.45, 7) is 5.79. The van der Waals surface area contributed by atoms with E-state index in [1.165, 1.54) is 6.07 Å². The lowest BCUT2D eigenvalue weighted by Crippen LogP contribution is -2.34. The van der Waals surface area contributed by atoms with Gasteiger partial charge < -0.3 is 9.47 Å². The second kappa shape index (κ2) is 4.93. The van der Waals surface area contributed by atoms with E-state index >= 15 is 0 Å². The van der Waals surface area contributed by atoms with Gasteiger partial charge in [-0.3, -0.25) is 0 Å². The van der Waals surface area contributed by atoms with Gasteiger partial charge in [0.25, 0.3) is 0 Å². The van der Waals surface area contributed by atoms with Crippen molar-refractivity contribution in [3.63, 3.8) is 0 Å². The molecule has 0 amide bonds. The molecule has 0 radical (unpaired) electrons. The predicted octanol–water partition coefficient (Wildman–Crippen LogP) is 3.17. The minimum atomic E-state index is -1.04. The number of halogens is 1. The van der Waals surface area contributed by atoms with Crippen molar-refractivity contribution in [1.82, 2.24) is 0 Å². The minimum Gasteiger partial charge on any atom is -0.464 e. The highest BCUT2D eigenvalue weighted by Crippen LogP contribution is 2.60. The molecule has 0 aliphatic carbocycles. The molecule has 4 heteroatoms. The summed E-state index contributed by atoms with van der Waals surface area (Å²) in [4.78, 5) is 12.1. The van der Waals surface area contributed by atoms with Gasteiger partial charge in [0.05, 0.1) is 6.61 Å². The van der Waals surface area contributed by atoms with Gasteiger partial charge in [-0.2, -0.15) is 0 Å². The van der Waals surface area contributed by atoms with Crippen molar-refractivity contribution in [3.8, 4) is 0 Å². The van der Waals surface area contributed by atoms with E-state index in [1.54, 1.807) is 25.1 Å². The van der Waals surface area contributed by atoms with Crippen LogP contribution in [0.15, 0.2) is 24.3 Å². The second-order valence-electron chi connectivity index (χ2n) is 4.66. The molecule has 2 rings (SSSR count). The van der Waals surface area contributed by atoms with Crippen molar-refractivity contribution in [2.45, 2.75) is 44.8 Å². The molecular formula is C15H19FO3. The number of benzene rings is 1. The van der Waals surface area contributed by atoms with Crippen LogP contribution in [-0.4, -0.2) is 18.2 Å². The van der Waals surface area contributed by atoms with Crippen LogP contribution in [0, 0.1) is 5.82 Å². The average Bonchev–Trinajstić information content (AvgIpc) is 3.10. The molecule has 0 spiro atoms. The lowest BCUT2D eigenvalue weighted by molar-refractivity contribution is -0.149. The van der Waals surface area contributed by atoms with Crippen molar-refractivity contribution in [2.75, 3.05) is 6.61 Å². The number of hydrogen-bond donors (Lipinski definition) is 0. The Morgan fingerprint density at radius 1 is 1.26 bits per heavy atom. The smallest absolute Gasteiger partial charge is 0.341 e. The maximum absolute atomic E-state index is 14.0. The van der Waals surface area contributed by atoms with E-state index in [0.717, 1.165) is 0 Å². The molecule has 3 nitrogen and oxygen atoms in total. The van der Waals surface area contributed by atoms with Crippen LogP contribution in [0.3, 0.4) is 0 Å². The summed E-state index contributed by atoms with van der Waals surface area (Å²) in [5, 5.41) is 0. The molecule has 1 aromatic carbocycles. The van der Waals surface area contributed by atoms with Crippen molar-refractivity contribution < 1.29 is 18.7 Å². The van der Waals surface area contributed by atoms with E-state index in [9.17, 15) is 9.18 Å². The molecule has 1 fully saturated rings. The quantitative estimate of drug-likeness (QED) is 0.607. The molecular weight excluding hydrogens is 247 g/mol. The zero-order chi connectivity index (χ0) is 14.1. The first-order valence-corrected chi connectivity index (χ1v) is 6.70. The van der Waals surface area contributed by atoms with Gasteiger partial charge in [-0.05, 0) is 25.8 Å². The molecule has 0 saturated carbocycles. The summed E-state index contributed by atoms with van der Waals surface area (Å²) in [6.07, 6.45) is 0.995. The van der Waals surface area contributed by atoms with Crippen molar-refractivity contribution in [1.29, 1.82) is 0 Å². The minimum absolute atomic E-state index is 0.293. The van der Waals surface area contributed by atoms with Gasteiger partial charge in [-0.15, -0.1) is 0 Å². The maximum atomic E-state index is 14.0. The molecule has 1 aromatic rings. The zero-order valence-electron chi connectivity index (χ0n) is 11.5. The number of ether oxygens (including phenoxy) is 2. The SMILES string of the molecule is CCOC(=O)C1(CC)OC1(CC)c1ccccc1F. The first kappa shape index (κ1) is 14.0. The number of carbonyl (C=O) groups excluding carboxylic acids is 1.